The molecule has 0 spiro atoms. The highest BCUT2D eigenvalue weighted by Crippen LogP contribution is 2.65. The Bertz CT molecular complexity index is 942. The van der Waals surface area contributed by atoms with Gasteiger partial charge in [0.15, 0.2) is 5.78 Å². The minimum absolute atomic E-state index is 0.0729. The van der Waals surface area contributed by atoms with E-state index in [0.29, 0.717) is 12.2 Å². The molecule has 150 valence electrons. The molecular weight excluding hydrogens is 360 g/mol. The van der Waals surface area contributed by atoms with Crippen LogP contribution in [0, 0.1) is 22.7 Å². The van der Waals surface area contributed by atoms with E-state index >= 15 is 0 Å². The highest BCUT2D eigenvalue weighted by molar-refractivity contribution is 6.05. The number of hydrogen-bond acceptors (Lipinski definition) is 3. The van der Waals surface area contributed by atoms with E-state index in [0.717, 1.165) is 24.0 Å². The van der Waals surface area contributed by atoms with Gasteiger partial charge in [0.05, 0.1) is 5.92 Å². The van der Waals surface area contributed by atoms with E-state index in [2.05, 4.69) is 20.8 Å². The lowest BCUT2D eigenvalue weighted by atomic mass is 9.70. The Balaban J connectivity index is 1.66. The highest BCUT2D eigenvalue weighted by atomic mass is 16.5. The minimum Gasteiger partial charge on any atom is -0.426 e. The van der Waals surface area contributed by atoms with Crippen LogP contribution in [0.3, 0.4) is 0 Å². The molecule has 0 unspecified atom stereocenters. The van der Waals surface area contributed by atoms with Gasteiger partial charge in [-0.25, -0.2) is 0 Å². The smallest absolute Gasteiger partial charge is 0.318 e. The first-order chi connectivity index (χ1) is 13.8. The lowest BCUT2D eigenvalue weighted by molar-refractivity contribution is -0.137. The van der Waals surface area contributed by atoms with Gasteiger partial charge in [-0.1, -0.05) is 75.4 Å². The van der Waals surface area contributed by atoms with Gasteiger partial charge in [0.25, 0.3) is 0 Å². The van der Waals surface area contributed by atoms with Crippen LogP contribution in [0.4, 0.5) is 0 Å². The van der Waals surface area contributed by atoms with Crippen molar-refractivity contribution >= 4 is 11.8 Å². The second-order valence-electron chi connectivity index (χ2n) is 9.13. The van der Waals surface area contributed by atoms with Crippen molar-refractivity contribution in [2.75, 3.05) is 0 Å². The number of ketones is 1. The Hall–Kier alpha value is -2.68. The average molecular weight is 389 g/mol. The van der Waals surface area contributed by atoms with Crippen molar-refractivity contribution < 1.29 is 14.3 Å². The molecule has 0 amide bonds. The molecule has 2 aromatic rings. The standard InChI is InChI=1S/C26H28O3/c1-25(2)22-14-15-26(25,3)23(27)21(22)17-19(16-18-10-6-4-7-11-18)24(28)29-20-12-8-5-9-13-20/h4-13,17,19,22H,14-16H2,1-3H3/b21-17-/t19-,22+,26+/m1/s1. The van der Waals surface area contributed by atoms with Crippen molar-refractivity contribution in [3.63, 3.8) is 0 Å². The maximum atomic E-state index is 13.3. The molecule has 2 fully saturated rings. The third kappa shape index (κ3) is 3.33. The molecular formula is C26H28O3. The Kier molecular flexibility index (Phi) is 4.94. The lowest BCUT2D eigenvalue weighted by Crippen LogP contribution is -2.32. The van der Waals surface area contributed by atoms with Crippen molar-refractivity contribution in [2.24, 2.45) is 22.7 Å². The van der Waals surface area contributed by atoms with Crippen LogP contribution in [0.25, 0.3) is 0 Å². The molecule has 4 rings (SSSR count). The molecule has 2 bridgehead atoms. The lowest BCUT2D eigenvalue weighted by Gasteiger charge is -2.31. The van der Waals surface area contributed by atoms with Gasteiger partial charge in [-0.15, -0.1) is 0 Å². The van der Waals surface area contributed by atoms with Gasteiger partial charge in [-0.3, -0.25) is 9.59 Å². The number of allylic oxidation sites excluding steroid dienone is 1. The van der Waals surface area contributed by atoms with Crippen molar-refractivity contribution in [3.8, 4) is 5.75 Å². The summed E-state index contributed by atoms with van der Waals surface area (Å²) in [5, 5.41) is 0. The molecule has 0 aliphatic heterocycles. The third-order valence-corrected chi connectivity index (χ3v) is 7.31. The van der Waals surface area contributed by atoms with Crippen LogP contribution in [0.2, 0.25) is 0 Å². The van der Waals surface area contributed by atoms with Crippen LogP contribution in [-0.2, 0) is 16.0 Å². The first-order valence-electron chi connectivity index (χ1n) is 10.4. The Labute approximate surface area is 172 Å². The van der Waals surface area contributed by atoms with Gasteiger partial charge in [0, 0.05) is 5.41 Å². The summed E-state index contributed by atoms with van der Waals surface area (Å²) in [5.41, 5.74) is 1.48. The van der Waals surface area contributed by atoms with Crippen LogP contribution < -0.4 is 4.74 Å². The fourth-order valence-corrected chi connectivity index (χ4v) is 5.10. The van der Waals surface area contributed by atoms with E-state index in [4.69, 9.17) is 4.74 Å². The monoisotopic (exact) mass is 388 g/mol. The number of para-hydroxylation sites is 1. The maximum Gasteiger partial charge on any atom is 0.318 e. The van der Waals surface area contributed by atoms with E-state index < -0.39 is 5.92 Å². The van der Waals surface area contributed by atoms with Crippen LogP contribution in [-0.4, -0.2) is 11.8 Å². The summed E-state index contributed by atoms with van der Waals surface area (Å²) in [6.07, 6.45) is 4.37. The summed E-state index contributed by atoms with van der Waals surface area (Å²) < 4.78 is 5.66. The van der Waals surface area contributed by atoms with E-state index in [1.807, 2.05) is 54.6 Å². The van der Waals surface area contributed by atoms with Crippen molar-refractivity contribution in [1.82, 2.24) is 0 Å². The summed E-state index contributed by atoms with van der Waals surface area (Å²) in [6, 6.07) is 19.0. The Morgan fingerprint density at radius 1 is 1.07 bits per heavy atom. The van der Waals surface area contributed by atoms with Crippen molar-refractivity contribution in [2.45, 2.75) is 40.0 Å². The van der Waals surface area contributed by atoms with E-state index in [9.17, 15) is 9.59 Å². The van der Waals surface area contributed by atoms with Crippen molar-refractivity contribution in [1.29, 1.82) is 0 Å². The maximum absolute atomic E-state index is 13.3. The molecule has 2 saturated carbocycles. The number of ether oxygens (including phenoxy) is 1. The van der Waals surface area contributed by atoms with Crippen LogP contribution in [0.15, 0.2) is 72.3 Å². The topological polar surface area (TPSA) is 43.4 Å². The number of carbonyl (C=O) groups is 2. The number of benzene rings is 2. The number of Topliss-reactive ketones (excluding diaryl/α,β-unsaturated/α-hetero) is 1. The molecule has 0 heterocycles. The van der Waals surface area contributed by atoms with Gasteiger partial charge in [0.1, 0.15) is 5.75 Å². The molecule has 0 aromatic heterocycles. The highest BCUT2D eigenvalue weighted by Gasteiger charge is 2.64. The average Bonchev–Trinajstić information content (AvgIpc) is 3.02. The van der Waals surface area contributed by atoms with E-state index in [-0.39, 0.29) is 28.5 Å². The number of esters is 1. The quantitative estimate of drug-likeness (QED) is 0.391. The summed E-state index contributed by atoms with van der Waals surface area (Å²) in [5.74, 6) is 0.147. The largest absolute Gasteiger partial charge is 0.426 e. The van der Waals surface area contributed by atoms with Crippen LogP contribution in [0.5, 0.6) is 5.75 Å². The predicted molar refractivity (Wildman–Crippen MR) is 113 cm³/mol. The van der Waals surface area contributed by atoms with E-state index in [1.165, 1.54) is 0 Å². The zero-order chi connectivity index (χ0) is 20.6. The van der Waals surface area contributed by atoms with Gasteiger partial charge in [-0.2, -0.15) is 0 Å². The first-order valence-corrected chi connectivity index (χ1v) is 10.4. The predicted octanol–water partition coefficient (Wildman–Crippen LogP) is 5.40. The van der Waals surface area contributed by atoms with Crippen LogP contribution >= 0.6 is 0 Å². The number of hydrogen-bond donors (Lipinski definition) is 0. The SMILES string of the molecule is CC1(C)[C@H]2CC[C@@]1(C)C(=O)/C2=C\[C@@H](Cc1ccccc1)C(=O)Oc1ccccc1. The van der Waals surface area contributed by atoms with Gasteiger partial charge >= 0.3 is 5.97 Å². The van der Waals surface area contributed by atoms with Crippen molar-refractivity contribution in [3.05, 3.63) is 77.9 Å². The summed E-state index contributed by atoms with van der Waals surface area (Å²) in [7, 11) is 0. The first kappa shape index (κ1) is 19.6. The zero-order valence-electron chi connectivity index (χ0n) is 17.4. The summed E-state index contributed by atoms with van der Waals surface area (Å²) in [6.45, 7) is 6.47. The van der Waals surface area contributed by atoms with Gasteiger partial charge in [-0.05, 0) is 53.9 Å². The molecule has 3 atom stereocenters. The molecule has 3 nitrogen and oxygen atoms in total. The second kappa shape index (κ2) is 7.29. The molecule has 3 heteroatoms. The van der Waals surface area contributed by atoms with E-state index in [1.54, 1.807) is 12.1 Å². The molecule has 2 aliphatic rings. The Morgan fingerprint density at radius 2 is 1.69 bits per heavy atom. The molecule has 2 aromatic carbocycles. The molecule has 0 saturated heterocycles. The Morgan fingerprint density at radius 3 is 2.28 bits per heavy atom. The number of carbonyl (C=O) groups excluding carboxylic acids is 2. The fraction of sp³-hybridized carbons (Fsp3) is 0.385. The third-order valence-electron chi connectivity index (χ3n) is 7.31. The molecule has 0 radical (unpaired) electrons. The molecule has 0 N–H and O–H groups in total. The normalized spacial score (nSPS) is 27.2. The van der Waals surface area contributed by atoms with Gasteiger partial charge in [0.2, 0.25) is 0 Å². The minimum atomic E-state index is -0.490. The summed E-state index contributed by atoms with van der Waals surface area (Å²) >= 11 is 0. The number of rotatable bonds is 5. The molecule has 29 heavy (non-hydrogen) atoms. The summed E-state index contributed by atoms with van der Waals surface area (Å²) in [4.78, 5) is 26.3. The van der Waals surface area contributed by atoms with Crippen LogP contribution in [0.1, 0.15) is 39.2 Å². The fourth-order valence-electron chi connectivity index (χ4n) is 5.10. The second-order valence-corrected chi connectivity index (χ2v) is 9.13. The van der Waals surface area contributed by atoms with Gasteiger partial charge < -0.3 is 4.74 Å². The number of fused-ring (bicyclic) bond motifs is 2. The molecule has 2 aliphatic carbocycles. The zero-order valence-corrected chi connectivity index (χ0v) is 17.4.